The number of benzene rings is 2. The van der Waals surface area contributed by atoms with Gasteiger partial charge < -0.3 is 10.2 Å². The third kappa shape index (κ3) is 3.66. The van der Waals surface area contributed by atoms with E-state index in [4.69, 9.17) is 34.8 Å². The SMILES string of the molecule is O=C(Nc1cccc(Cl)c1)C1CC(=O)N(c2ccc(Cl)c(Cl)c2)C1. The van der Waals surface area contributed by atoms with Crippen LogP contribution in [0.15, 0.2) is 42.5 Å². The third-order valence-corrected chi connectivity index (χ3v) is 4.78. The van der Waals surface area contributed by atoms with Crippen LogP contribution in [0.3, 0.4) is 0 Å². The molecular formula is C17H13Cl3N2O2. The van der Waals surface area contributed by atoms with Crippen molar-refractivity contribution in [3.05, 3.63) is 57.5 Å². The first-order valence-corrected chi connectivity index (χ1v) is 8.39. The summed E-state index contributed by atoms with van der Waals surface area (Å²) in [5, 5.41) is 4.11. The Hall–Kier alpha value is -1.75. The fraction of sp³-hybridized carbons (Fsp3) is 0.176. The molecule has 2 aromatic carbocycles. The lowest BCUT2D eigenvalue weighted by atomic mass is 10.1. The molecule has 1 atom stereocenters. The molecule has 1 N–H and O–H groups in total. The van der Waals surface area contributed by atoms with Gasteiger partial charge in [0, 0.05) is 29.4 Å². The fourth-order valence-corrected chi connectivity index (χ4v) is 3.08. The van der Waals surface area contributed by atoms with Crippen LogP contribution in [0.1, 0.15) is 6.42 Å². The molecule has 2 amide bonds. The first-order valence-electron chi connectivity index (χ1n) is 7.26. The summed E-state index contributed by atoms with van der Waals surface area (Å²) in [6.45, 7) is 0.295. The van der Waals surface area contributed by atoms with Crippen molar-refractivity contribution in [2.75, 3.05) is 16.8 Å². The summed E-state index contributed by atoms with van der Waals surface area (Å²) in [5.41, 5.74) is 1.24. The van der Waals surface area contributed by atoms with Crippen molar-refractivity contribution in [1.29, 1.82) is 0 Å². The Balaban J connectivity index is 1.72. The van der Waals surface area contributed by atoms with Gasteiger partial charge in [-0.1, -0.05) is 40.9 Å². The highest BCUT2D eigenvalue weighted by molar-refractivity contribution is 6.42. The highest BCUT2D eigenvalue weighted by Crippen LogP contribution is 2.31. The van der Waals surface area contributed by atoms with Crippen molar-refractivity contribution in [2.24, 2.45) is 5.92 Å². The molecule has 2 aromatic rings. The topological polar surface area (TPSA) is 49.4 Å². The van der Waals surface area contributed by atoms with Crippen molar-refractivity contribution in [2.45, 2.75) is 6.42 Å². The minimum absolute atomic E-state index is 0.125. The number of nitrogens with zero attached hydrogens (tertiary/aromatic N) is 1. The van der Waals surface area contributed by atoms with Crippen LogP contribution in [0.5, 0.6) is 0 Å². The molecule has 0 saturated carbocycles. The summed E-state index contributed by atoms with van der Waals surface area (Å²) < 4.78 is 0. The molecule has 0 spiro atoms. The zero-order valence-corrected chi connectivity index (χ0v) is 14.7. The van der Waals surface area contributed by atoms with Crippen LogP contribution in [0.25, 0.3) is 0 Å². The van der Waals surface area contributed by atoms with Crippen LogP contribution in [-0.4, -0.2) is 18.4 Å². The second-order valence-electron chi connectivity index (χ2n) is 5.50. The molecular weight excluding hydrogens is 371 g/mol. The molecule has 1 aliphatic heterocycles. The molecule has 24 heavy (non-hydrogen) atoms. The van der Waals surface area contributed by atoms with Crippen LogP contribution in [0.4, 0.5) is 11.4 Å². The number of hydrogen-bond donors (Lipinski definition) is 1. The number of amides is 2. The van der Waals surface area contributed by atoms with Gasteiger partial charge in [0.15, 0.2) is 0 Å². The molecule has 7 heteroatoms. The second kappa shape index (κ2) is 7.01. The van der Waals surface area contributed by atoms with E-state index >= 15 is 0 Å². The standard InChI is InChI=1S/C17H13Cl3N2O2/c18-11-2-1-3-12(7-11)21-17(24)10-6-16(23)22(9-10)13-4-5-14(19)15(20)8-13/h1-5,7-8,10H,6,9H2,(H,21,24). The number of hydrogen-bond acceptors (Lipinski definition) is 2. The van der Waals surface area contributed by atoms with Gasteiger partial charge in [-0.3, -0.25) is 9.59 Å². The van der Waals surface area contributed by atoms with Gasteiger partial charge in [0.1, 0.15) is 0 Å². The Morgan fingerprint density at radius 2 is 1.88 bits per heavy atom. The molecule has 3 rings (SSSR count). The van der Waals surface area contributed by atoms with Gasteiger partial charge in [0.25, 0.3) is 0 Å². The number of carbonyl (C=O) groups is 2. The van der Waals surface area contributed by atoms with Crippen molar-refractivity contribution >= 4 is 58.0 Å². The lowest BCUT2D eigenvalue weighted by Gasteiger charge is -2.17. The first kappa shape index (κ1) is 17.1. The second-order valence-corrected chi connectivity index (χ2v) is 6.75. The summed E-state index contributed by atoms with van der Waals surface area (Å²) in [7, 11) is 0. The third-order valence-electron chi connectivity index (χ3n) is 3.80. The van der Waals surface area contributed by atoms with E-state index in [1.165, 1.54) is 0 Å². The minimum atomic E-state index is -0.439. The lowest BCUT2D eigenvalue weighted by Crippen LogP contribution is -2.28. The summed E-state index contributed by atoms with van der Waals surface area (Å²) in [6, 6.07) is 11.8. The summed E-state index contributed by atoms with van der Waals surface area (Å²) in [4.78, 5) is 26.2. The predicted octanol–water partition coefficient (Wildman–Crippen LogP) is 4.64. The Morgan fingerprint density at radius 3 is 2.58 bits per heavy atom. The first-order chi connectivity index (χ1) is 11.4. The van der Waals surface area contributed by atoms with E-state index in [1.807, 2.05) is 0 Å². The smallest absolute Gasteiger partial charge is 0.229 e. The van der Waals surface area contributed by atoms with E-state index < -0.39 is 5.92 Å². The quantitative estimate of drug-likeness (QED) is 0.839. The van der Waals surface area contributed by atoms with Crippen LogP contribution < -0.4 is 10.2 Å². The molecule has 1 fully saturated rings. The van der Waals surface area contributed by atoms with Gasteiger partial charge in [0.05, 0.1) is 16.0 Å². The Labute approximate surface area is 154 Å². The number of nitrogens with one attached hydrogen (secondary N) is 1. The van der Waals surface area contributed by atoms with Crippen LogP contribution >= 0.6 is 34.8 Å². The Kier molecular flexibility index (Phi) is 4.99. The van der Waals surface area contributed by atoms with Gasteiger partial charge in [-0.05, 0) is 36.4 Å². The maximum Gasteiger partial charge on any atom is 0.229 e. The van der Waals surface area contributed by atoms with E-state index in [1.54, 1.807) is 47.4 Å². The molecule has 0 aromatic heterocycles. The molecule has 4 nitrogen and oxygen atoms in total. The average Bonchev–Trinajstić information content (AvgIpc) is 2.92. The normalized spacial score (nSPS) is 17.2. The van der Waals surface area contributed by atoms with Crippen molar-refractivity contribution in [1.82, 2.24) is 0 Å². The van der Waals surface area contributed by atoms with Gasteiger partial charge in [0.2, 0.25) is 11.8 Å². The number of halogens is 3. The Morgan fingerprint density at radius 1 is 1.08 bits per heavy atom. The van der Waals surface area contributed by atoms with E-state index in [2.05, 4.69) is 5.32 Å². The number of rotatable bonds is 3. The summed E-state index contributed by atoms with van der Waals surface area (Å²) >= 11 is 17.8. The predicted molar refractivity (Wildman–Crippen MR) is 97.0 cm³/mol. The molecule has 0 bridgehead atoms. The Bertz CT molecular complexity index is 810. The van der Waals surface area contributed by atoms with E-state index in [0.717, 1.165) is 0 Å². The zero-order valence-electron chi connectivity index (χ0n) is 12.4. The van der Waals surface area contributed by atoms with Crippen LogP contribution in [-0.2, 0) is 9.59 Å². The monoisotopic (exact) mass is 382 g/mol. The zero-order chi connectivity index (χ0) is 17.3. The van der Waals surface area contributed by atoms with Crippen molar-refractivity contribution < 1.29 is 9.59 Å². The maximum atomic E-state index is 12.4. The average molecular weight is 384 g/mol. The van der Waals surface area contributed by atoms with E-state index in [-0.39, 0.29) is 18.2 Å². The van der Waals surface area contributed by atoms with E-state index in [0.29, 0.717) is 33.0 Å². The maximum absolute atomic E-state index is 12.4. The molecule has 0 aliphatic carbocycles. The van der Waals surface area contributed by atoms with Crippen molar-refractivity contribution in [3.8, 4) is 0 Å². The molecule has 1 aliphatic rings. The molecule has 1 saturated heterocycles. The van der Waals surface area contributed by atoms with Crippen molar-refractivity contribution in [3.63, 3.8) is 0 Å². The number of anilines is 2. The number of carbonyl (C=O) groups excluding carboxylic acids is 2. The summed E-state index contributed by atoms with van der Waals surface area (Å²) in [6.07, 6.45) is 0.145. The van der Waals surface area contributed by atoms with E-state index in [9.17, 15) is 9.59 Å². The van der Waals surface area contributed by atoms with Crippen LogP contribution in [0.2, 0.25) is 15.1 Å². The van der Waals surface area contributed by atoms with Gasteiger partial charge >= 0.3 is 0 Å². The fourth-order valence-electron chi connectivity index (χ4n) is 2.60. The molecule has 1 unspecified atom stereocenters. The van der Waals surface area contributed by atoms with Gasteiger partial charge in [-0.15, -0.1) is 0 Å². The molecule has 1 heterocycles. The molecule has 124 valence electrons. The summed E-state index contributed by atoms with van der Waals surface area (Å²) in [5.74, 6) is -0.779. The highest BCUT2D eigenvalue weighted by atomic mass is 35.5. The van der Waals surface area contributed by atoms with Gasteiger partial charge in [-0.2, -0.15) is 0 Å². The van der Waals surface area contributed by atoms with Gasteiger partial charge in [-0.25, -0.2) is 0 Å². The largest absolute Gasteiger partial charge is 0.326 e. The highest BCUT2D eigenvalue weighted by Gasteiger charge is 2.35. The lowest BCUT2D eigenvalue weighted by molar-refractivity contribution is -0.122. The van der Waals surface area contributed by atoms with Crippen LogP contribution in [0, 0.1) is 5.92 Å². The molecule has 0 radical (unpaired) electrons. The minimum Gasteiger partial charge on any atom is -0.326 e.